The second kappa shape index (κ2) is 7.43. The number of benzene rings is 1. The first-order valence-corrected chi connectivity index (χ1v) is 11.7. The summed E-state index contributed by atoms with van der Waals surface area (Å²) in [7, 11) is -3.66. The number of thiophene rings is 1. The number of aromatic nitrogens is 2. The molecule has 0 N–H and O–H groups in total. The van der Waals surface area contributed by atoms with Gasteiger partial charge in [-0.25, -0.2) is 8.42 Å². The Labute approximate surface area is 172 Å². The first-order valence-electron chi connectivity index (χ1n) is 9.38. The number of nitrogens with zero attached hydrogens (tertiary/aromatic N) is 3. The second-order valence-corrected chi connectivity index (χ2v) is 9.83. The highest BCUT2D eigenvalue weighted by atomic mass is 32.2. The van der Waals surface area contributed by atoms with Crippen LogP contribution in [0.25, 0.3) is 10.7 Å². The smallest absolute Gasteiger partial charge is 0.243 e. The monoisotopic (exact) mass is 433 g/mol. The zero-order chi connectivity index (χ0) is 19.8. The summed E-state index contributed by atoms with van der Waals surface area (Å²) in [5.74, 6) is 1.93. The fourth-order valence-electron chi connectivity index (χ4n) is 3.60. The van der Waals surface area contributed by atoms with Crippen molar-refractivity contribution in [1.82, 2.24) is 14.4 Å². The highest BCUT2D eigenvalue weighted by molar-refractivity contribution is 7.89. The SMILES string of the molecule is O=S(=O)(c1ccc2c(c1)OCCO2)N1CCC[C@H](c2nc(-c3cccs3)no2)C1. The lowest BCUT2D eigenvalue weighted by molar-refractivity contribution is 0.171. The van der Waals surface area contributed by atoms with E-state index in [2.05, 4.69) is 10.1 Å². The number of sulfonamides is 1. The van der Waals surface area contributed by atoms with Gasteiger partial charge >= 0.3 is 0 Å². The van der Waals surface area contributed by atoms with Gasteiger partial charge in [-0.2, -0.15) is 9.29 Å². The largest absolute Gasteiger partial charge is 0.486 e. The van der Waals surface area contributed by atoms with E-state index in [4.69, 9.17) is 14.0 Å². The predicted octanol–water partition coefficient (Wildman–Crippen LogP) is 3.14. The van der Waals surface area contributed by atoms with Crippen molar-refractivity contribution in [3.8, 4) is 22.2 Å². The maximum absolute atomic E-state index is 13.2. The third-order valence-electron chi connectivity index (χ3n) is 5.07. The molecule has 3 aromatic rings. The lowest BCUT2D eigenvalue weighted by Crippen LogP contribution is -2.39. The Balaban J connectivity index is 1.37. The minimum atomic E-state index is -3.66. The minimum Gasteiger partial charge on any atom is -0.486 e. The van der Waals surface area contributed by atoms with Gasteiger partial charge in [-0.1, -0.05) is 11.2 Å². The van der Waals surface area contributed by atoms with Crippen LogP contribution >= 0.6 is 11.3 Å². The average Bonchev–Trinajstić information content (AvgIpc) is 3.45. The highest BCUT2D eigenvalue weighted by Gasteiger charge is 2.34. The van der Waals surface area contributed by atoms with E-state index in [1.165, 1.54) is 21.7 Å². The van der Waals surface area contributed by atoms with E-state index in [9.17, 15) is 8.42 Å². The normalized spacial score (nSPS) is 19.9. The van der Waals surface area contributed by atoms with E-state index in [0.717, 1.165) is 17.7 Å². The summed E-state index contributed by atoms with van der Waals surface area (Å²) in [6, 6.07) is 8.61. The molecule has 10 heteroatoms. The highest BCUT2D eigenvalue weighted by Crippen LogP contribution is 2.35. The van der Waals surface area contributed by atoms with Crippen LogP contribution in [0.4, 0.5) is 0 Å². The Kier molecular flexibility index (Phi) is 4.76. The Morgan fingerprint density at radius 2 is 2.00 bits per heavy atom. The zero-order valence-corrected chi connectivity index (χ0v) is 17.1. The van der Waals surface area contributed by atoms with Crippen molar-refractivity contribution < 1.29 is 22.4 Å². The van der Waals surface area contributed by atoms with Gasteiger partial charge in [0.25, 0.3) is 0 Å². The third kappa shape index (κ3) is 3.52. The van der Waals surface area contributed by atoms with E-state index in [-0.39, 0.29) is 10.8 Å². The van der Waals surface area contributed by atoms with Crippen LogP contribution in [0.5, 0.6) is 11.5 Å². The topological polar surface area (TPSA) is 94.8 Å². The Morgan fingerprint density at radius 3 is 2.83 bits per heavy atom. The van der Waals surface area contributed by atoms with Crippen molar-refractivity contribution in [1.29, 1.82) is 0 Å². The molecule has 2 aromatic heterocycles. The molecule has 2 aliphatic heterocycles. The van der Waals surface area contributed by atoms with E-state index < -0.39 is 10.0 Å². The molecule has 0 amide bonds. The van der Waals surface area contributed by atoms with Gasteiger partial charge in [-0.15, -0.1) is 11.3 Å². The van der Waals surface area contributed by atoms with Crippen LogP contribution in [0.3, 0.4) is 0 Å². The van der Waals surface area contributed by atoms with Gasteiger partial charge in [0.1, 0.15) is 13.2 Å². The zero-order valence-electron chi connectivity index (χ0n) is 15.5. The van der Waals surface area contributed by atoms with Crippen LogP contribution in [-0.4, -0.2) is 49.2 Å². The first-order chi connectivity index (χ1) is 14.1. The van der Waals surface area contributed by atoms with E-state index in [0.29, 0.717) is 49.5 Å². The molecule has 8 nitrogen and oxygen atoms in total. The molecular formula is C19H19N3O5S2. The minimum absolute atomic E-state index is 0.128. The van der Waals surface area contributed by atoms with Crippen molar-refractivity contribution >= 4 is 21.4 Å². The number of hydrogen-bond donors (Lipinski definition) is 0. The van der Waals surface area contributed by atoms with Gasteiger partial charge in [0, 0.05) is 19.2 Å². The maximum Gasteiger partial charge on any atom is 0.243 e. The fourth-order valence-corrected chi connectivity index (χ4v) is 5.79. The summed E-state index contributed by atoms with van der Waals surface area (Å²) >= 11 is 1.54. The molecule has 1 saturated heterocycles. The number of rotatable bonds is 4. The summed E-state index contributed by atoms with van der Waals surface area (Å²) in [5.41, 5.74) is 0. The van der Waals surface area contributed by atoms with Crippen molar-refractivity contribution in [2.45, 2.75) is 23.7 Å². The van der Waals surface area contributed by atoms with Gasteiger partial charge < -0.3 is 14.0 Å². The van der Waals surface area contributed by atoms with Crippen LogP contribution in [0.1, 0.15) is 24.7 Å². The second-order valence-electron chi connectivity index (χ2n) is 6.94. The summed E-state index contributed by atoms with van der Waals surface area (Å²) in [6.07, 6.45) is 1.53. The van der Waals surface area contributed by atoms with Gasteiger partial charge in [0.15, 0.2) is 11.5 Å². The molecule has 0 unspecified atom stereocenters. The third-order valence-corrected chi connectivity index (χ3v) is 7.80. The molecule has 1 atom stereocenters. The van der Waals surface area contributed by atoms with Crippen LogP contribution in [0.2, 0.25) is 0 Å². The van der Waals surface area contributed by atoms with Crippen molar-refractivity contribution in [2.75, 3.05) is 26.3 Å². The van der Waals surface area contributed by atoms with E-state index >= 15 is 0 Å². The molecular weight excluding hydrogens is 414 g/mol. The van der Waals surface area contributed by atoms with E-state index in [1.807, 2.05) is 17.5 Å². The number of hydrogen-bond acceptors (Lipinski definition) is 8. The average molecular weight is 434 g/mol. The lowest BCUT2D eigenvalue weighted by atomic mass is 10.00. The summed E-state index contributed by atoms with van der Waals surface area (Å²) in [6.45, 7) is 1.64. The molecule has 5 rings (SSSR count). The van der Waals surface area contributed by atoms with E-state index in [1.54, 1.807) is 12.1 Å². The maximum atomic E-state index is 13.2. The molecule has 29 heavy (non-hydrogen) atoms. The molecule has 1 fully saturated rings. The number of ether oxygens (including phenoxy) is 2. The first kappa shape index (κ1) is 18.6. The molecule has 1 aromatic carbocycles. The standard InChI is InChI=1S/C19H19N3O5S2/c23-29(24,14-5-6-15-16(11-14)26-9-8-25-15)22-7-1-3-13(12-22)19-20-18(21-27-19)17-4-2-10-28-17/h2,4-6,10-11,13H,1,3,7-9,12H2/t13-/m0/s1. The molecule has 0 bridgehead atoms. The van der Waals surface area contributed by atoms with Crippen LogP contribution in [0, 0.1) is 0 Å². The molecule has 0 saturated carbocycles. The fraction of sp³-hybridized carbons (Fsp3) is 0.368. The van der Waals surface area contributed by atoms with Crippen molar-refractivity contribution in [3.05, 3.63) is 41.6 Å². The molecule has 4 heterocycles. The number of piperidine rings is 1. The molecule has 0 spiro atoms. The molecule has 0 radical (unpaired) electrons. The molecule has 152 valence electrons. The van der Waals surface area contributed by atoms with Gasteiger partial charge in [-0.05, 0) is 36.4 Å². The summed E-state index contributed by atoms with van der Waals surface area (Å²) in [5, 5.41) is 6.01. The quantitative estimate of drug-likeness (QED) is 0.624. The van der Waals surface area contributed by atoms with Crippen molar-refractivity contribution in [2.24, 2.45) is 0 Å². The predicted molar refractivity (Wildman–Crippen MR) is 106 cm³/mol. The summed E-state index contributed by atoms with van der Waals surface area (Å²) in [4.78, 5) is 5.63. The van der Waals surface area contributed by atoms with Crippen LogP contribution in [-0.2, 0) is 10.0 Å². The van der Waals surface area contributed by atoms with Crippen LogP contribution in [0.15, 0.2) is 45.1 Å². The van der Waals surface area contributed by atoms with Gasteiger partial charge in [-0.3, -0.25) is 0 Å². The summed E-state index contributed by atoms with van der Waals surface area (Å²) < 4.78 is 44.4. The Bertz CT molecular complexity index is 1110. The van der Waals surface area contributed by atoms with Gasteiger partial charge in [0.05, 0.1) is 15.7 Å². The Morgan fingerprint density at radius 1 is 1.14 bits per heavy atom. The number of fused-ring (bicyclic) bond motifs is 1. The molecule has 0 aliphatic carbocycles. The van der Waals surface area contributed by atoms with Crippen molar-refractivity contribution in [3.63, 3.8) is 0 Å². The van der Waals surface area contributed by atoms with Crippen LogP contribution < -0.4 is 9.47 Å². The van der Waals surface area contributed by atoms with Gasteiger partial charge in [0.2, 0.25) is 21.7 Å². The Hall–Kier alpha value is -2.43. The molecule has 2 aliphatic rings. The lowest BCUT2D eigenvalue weighted by Gasteiger charge is -2.30.